The fourth-order valence-electron chi connectivity index (χ4n) is 1.80. The summed E-state index contributed by atoms with van der Waals surface area (Å²) < 4.78 is 18.3. The van der Waals surface area contributed by atoms with Gasteiger partial charge in [-0.25, -0.2) is 4.39 Å². The molecule has 1 aromatic heterocycles. The number of nitrogens with zero attached hydrogens (tertiary/aromatic N) is 1. The molecule has 20 heavy (non-hydrogen) atoms. The van der Waals surface area contributed by atoms with Crippen molar-refractivity contribution in [1.29, 1.82) is 0 Å². The Balaban J connectivity index is 1.99. The molecular weight excluding hydrogens is 261 g/mol. The van der Waals surface area contributed by atoms with Crippen molar-refractivity contribution in [2.24, 2.45) is 0 Å². The molecule has 5 nitrogen and oxygen atoms in total. The third kappa shape index (κ3) is 3.34. The highest BCUT2D eigenvalue weighted by Crippen LogP contribution is 2.18. The molecule has 0 bridgehead atoms. The van der Waals surface area contributed by atoms with Crippen LogP contribution in [0.2, 0.25) is 0 Å². The van der Waals surface area contributed by atoms with Crippen molar-refractivity contribution < 1.29 is 13.9 Å². The van der Waals surface area contributed by atoms with E-state index in [1.54, 1.807) is 12.1 Å². The molecule has 0 atom stereocenters. The first kappa shape index (κ1) is 14.0. The highest BCUT2D eigenvalue weighted by atomic mass is 19.1. The van der Waals surface area contributed by atoms with Gasteiger partial charge in [0.05, 0.1) is 13.5 Å². The summed E-state index contributed by atoms with van der Waals surface area (Å²) in [7, 11) is 1.40. The van der Waals surface area contributed by atoms with Gasteiger partial charge in [-0.3, -0.25) is 9.89 Å². The standard InChI is InChI=1S/C14H16FN3O2/c1-3-10-8-13(18-17-10)16-14(19)7-9-4-5-12(20-2)11(15)6-9/h4-6,8H,3,7H2,1-2H3,(H2,16,17,18,19). The van der Waals surface area contributed by atoms with Crippen LogP contribution in [0.1, 0.15) is 18.2 Å². The van der Waals surface area contributed by atoms with E-state index in [1.807, 2.05) is 6.92 Å². The highest BCUT2D eigenvalue weighted by molar-refractivity contribution is 5.91. The van der Waals surface area contributed by atoms with E-state index in [2.05, 4.69) is 15.5 Å². The molecule has 0 unspecified atom stereocenters. The average molecular weight is 277 g/mol. The fraction of sp³-hybridized carbons (Fsp3) is 0.286. The number of aromatic nitrogens is 2. The van der Waals surface area contributed by atoms with Gasteiger partial charge in [0.1, 0.15) is 0 Å². The molecule has 0 radical (unpaired) electrons. The Labute approximate surface area is 116 Å². The summed E-state index contributed by atoms with van der Waals surface area (Å²) in [6.45, 7) is 1.99. The first-order valence-electron chi connectivity index (χ1n) is 6.29. The Kier molecular flexibility index (Phi) is 4.34. The van der Waals surface area contributed by atoms with Gasteiger partial charge in [-0.1, -0.05) is 13.0 Å². The van der Waals surface area contributed by atoms with Crippen molar-refractivity contribution in [1.82, 2.24) is 10.2 Å². The van der Waals surface area contributed by atoms with Crippen molar-refractivity contribution in [3.63, 3.8) is 0 Å². The molecule has 1 aromatic carbocycles. The Morgan fingerprint density at radius 2 is 2.25 bits per heavy atom. The zero-order chi connectivity index (χ0) is 14.5. The molecule has 0 saturated carbocycles. The third-order valence-corrected chi connectivity index (χ3v) is 2.86. The number of ether oxygens (including phenoxy) is 1. The smallest absolute Gasteiger partial charge is 0.229 e. The summed E-state index contributed by atoms with van der Waals surface area (Å²) in [5.41, 5.74) is 1.52. The maximum absolute atomic E-state index is 13.5. The minimum Gasteiger partial charge on any atom is -0.494 e. The van der Waals surface area contributed by atoms with Crippen LogP contribution in [0.15, 0.2) is 24.3 Å². The van der Waals surface area contributed by atoms with Crippen molar-refractivity contribution in [2.45, 2.75) is 19.8 Å². The minimum atomic E-state index is -0.481. The zero-order valence-corrected chi connectivity index (χ0v) is 11.4. The number of hydrogen-bond acceptors (Lipinski definition) is 3. The number of hydrogen-bond donors (Lipinski definition) is 2. The van der Waals surface area contributed by atoms with Crippen molar-refractivity contribution >= 4 is 11.7 Å². The lowest BCUT2D eigenvalue weighted by atomic mass is 10.1. The molecule has 1 heterocycles. The van der Waals surface area contributed by atoms with Crippen LogP contribution in [0, 0.1) is 5.82 Å². The summed E-state index contributed by atoms with van der Waals surface area (Å²) in [6, 6.07) is 6.22. The van der Waals surface area contributed by atoms with Gasteiger partial charge in [0, 0.05) is 11.8 Å². The number of aryl methyl sites for hydroxylation is 1. The minimum absolute atomic E-state index is 0.0786. The number of rotatable bonds is 5. The fourth-order valence-corrected chi connectivity index (χ4v) is 1.80. The van der Waals surface area contributed by atoms with Crippen LogP contribution >= 0.6 is 0 Å². The van der Waals surface area contributed by atoms with Crippen LogP contribution in [-0.2, 0) is 17.6 Å². The Bertz CT molecular complexity index is 610. The largest absolute Gasteiger partial charge is 0.494 e. The summed E-state index contributed by atoms with van der Waals surface area (Å²) in [4.78, 5) is 11.8. The van der Waals surface area contributed by atoms with Gasteiger partial charge in [-0.05, 0) is 24.1 Å². The number of amides is 1. The number of benzene rings is 1. The van der Waals surface area contributed by atoms with Crippen LogP contribution in [0.3, 0.4) is 0 Å². The van der Waals surface area contributed by atoms with Gasteiger partial charge in [-0.2, -0.15) is 5.10 Å². The maximum atomic E-state index is 13.5. The first-order valence-corrected chi connectivity index (χ1v) is 6.29. The Hall–Kier alpha value is -2.37. The lowest BCUT2D eigenvalue weighted by Crippen LogP contribution is -2.14. The van der Waals surface area contributed by atoms with Gasteiger partial charge in [-0.15, -0.1) is 0 Å². The number of H-pyrrole nitrogens is 1. The average Bonchev–Trinajstić information content (AvgIpc) is 2.86. The SMILES string of the molecule is CCc1cc(NC(=O)Cc2ccc(OC)c(F)c2)n[nH]1. The van der Waals surface area contributed by atoms with Crippen molar-refractivity contribution in [2.75, 3.05) is 12.4 Å². The molecule has 0 saturated heterocycles. The molecule has 0 aliphatic carbocycles. The second-order valence-corrected chi connectivity index (χ2v) is 4.33. The molecule has 2 aromatic rings. The Morgan fingerprint density at radius 1 is 1.45 bits per heavy atom. The summed E-state index contributed by atoms with van der Waals surface area (Å²) in [5.74, 6) is -0.0931. The monoisotopic (exact) mass is 277 g/mol. The van der Waals surface area contributed by atoms with Crippen LogP contribution < -0.4 is 10.1 Å². The first-order chi connectivity index (χ1) is 9.62. The number of aromatic amines is 1. The number of methoxy groups -OCH3 is 1. The molecule has 0 fully saturated rings. The summed E-state index contributed by atoms with van der Waals surface area (Å²) in [5, 5.41) is 9.43. The van der Waals surface area contributed by atoms with E-state index in [1.165, 1.54) is 19.2 Å². The molecule has 6 heteroatoms. The number of halogens is 1. The second kappa shape index (κ2) is 6.18. The van der Waals surface area contributed by atoms with Gasteiger partial charge in [0.2, 0.25) is 5.91 Å². The van der Waals surface area contributed by atoms with Gasteiger partial charge < -0.3 is 10.1 Å². The van der Waals surface area contributed by atoms with E-state index in [-0.39, 0.29) is 18.1 Å². The quantitative estimate of drug-likeness (QED) is 0.881. The van der Waals surface area contributed by atoms with Crippen LogP contribution in [-0.4, -0.2) is 23.2 Å². The molecule has 0 spiro atoms. The predicted octanol–water partition coefficient (Wildman–Crippen LogP) is 2.30. The number of carbonyl (C=O) groups excluding carboxylic acids is 1. The molecular formula is C14H16FN3O2. The second-order valence-electron chi connectivity index (χ2n) is 4.33. The summed E-state index contributed by atoms with van der Waals surface area (Å²) in [6.07, 6.45) is 0.891. The maximum Gasteiger partial charge on any atom is 0.229 e. The molecule has 2 rings (SSSR count). The van der Waals surface area contributed by atoms with Crippen LogP contribution in [0.5, 0.6) is 5.75 Å². The van der Waals surface area contributed by atoms with E-state index < -0.39 is 5.82 Å². The van der Waals surface area contributed by atoms with Gasteiger partial charge in [0.25, 0.3) is 0 Å². The zero-order valence-electron chi connectivity index (χ0n) is 11.4. The van der Waals surface area contributed by atoms with E-state index in [4.69, 9.17) is 4.74 Å². The Morgan fingerprint density at radius 3 is 2.85 bits per heavy atom. The number of anilines is 1. The van der Waals surface area contributed by atoms with E-state index in [0.29, 0.717) is 11.4 Å². The van der Waals surface area contributed by atoms with E-state index in [0.717, 1.165) is 12.1 Å². The highest BCUT2D eigenvalue weighted by Gasteiger charge is 2.09. The molecule has 0 aliphatic heterocycles. The molecule has 106 valence electrons. The lowest BCUT2D eigenvalue weighted by molar-refractivity contribution is -0.115. The van der Waals surface area contributed by atoms with Gasteiger partial charge in [0.15, 0.2) is 17.4 Å². The molecule has 0 aliphatic rings. The molecule has 1 amide bonds. The van der Waals surface area contributed by atoms with Crippen LogP contribution in [0.4, 0.5) is 10.2 Å². The van der Waals surface area contributed by atoms with E-state index in [9.17, 15) is 9.18 Å². The number of nitrogens with one attached hydrogen (secondary N) is 2. The van der Waals surface area contributed by atoms with E-state index >= 15 is 0 Å². The van der Waals surface area contributed by atoms with Crippen molar-refractivity contribution in [3.8, 4) is 5.75 Å². The predicted molar refractivity (Wildman–Crippen MR) is 73.3 cm³/mol. The van der Waals surface area contributed by atoms with Gasteiger partial charge >= 0.3 is 0 Å². The number of carbonyl (C=O) groups is 1. The molecule has 2 N–H and O–H groups in total. The van der Waals surface area contributed by atoms with Crippen molar-refractivity contribution in [3.05, 3.63) is 41.3 Å². The van der Waals surface area contributed by atoms with Crippen LogP contribution in [0.25, 0.3) is 0 Å². The lowest BCUT2D eigenvalue weighted by Gasteiger charge is -2.05. The topological polar surface area (TPSA) is 67.0 Å². The summed E-state index contributed by atoms with van der Waals surface area (Å²) >= 11 is 0. The third-order valence-electron chi connectivity index (χ3n) is 2.86. The normalized spacial score (nSPS) is 10.3.